The SMILES string of the molecule is O=C(NC1CCN(Cc2ccccc2)CC1)C(Cc1ccccc1)NS(=O)(=O)c1ccc(Br)s1. The van der Waals surface area contributed by atoms with Gasteiger partial charge in [0.1, 0.15) is 10.3 Å². The Bertz CT molecular complexity index is 1180. The molecule has 0 aliphatic carbocycles. The van der Waals surface area contributed by atoms with Gasteiger partial charge in [0, 0.05) is 25.7 Å². The highest BCUT2D eigenvalue weighted by Gasteiger charge is 2.29. The number of benzene rings is 2. The highest BCUT2D eigenvalue weighted by atomic mass is 79.9. The number of nitrogens with zero attached hydrogens (tertiary/aromatic N) is 1. The molecule has 1 aliphatic rings. The lowest BCUT2D eigenvalue weighted by Gasteiger charge is -2.33. The van der Waals surface area contributed by atoms with Gasteiger partial charge in [-0.15, -0.1) is 11.3 Å². The Morgan fingerprint density at radius 1 is 0.971 bits per heavy atom. The molecule has 9 heteroatoms. The largest absolute Gasteiger partial charge is 0.352 e. The first-order valence-corrected chi connectivity index (χ1v) is 14.4. The average Bonchev–Trinajstić information content (AvgIpc) is 3.28. The van der Waals surface area contributed by atoms with E-state index in [4.69, 9.17) is 0 Å². The molecule has 34 heavy (non-hydrogen) atoms. The minimum Gasteiger partial charge on any atom is -0.352 e. The first kappa shape index (κ1) is 25.1. The van der Waals surface area contributed by atoms with Gasteiger partial charge in [-0.2, -0.15) is 4.72 Å². The molecule has 1 fully saturated rings. The Morgan fingerprint density at radius 2 is 1.59 bits per heavy atom. The molecule has 0 bridgehead atoms. The molecule has 3 aromatic rings. The molecule has 0 radical (unpaired) electrons. The van der Waals surface area contributed by atoms with E-state index in [0.717, 1.165) is 53.2 Å². The Labute approximate surface area is 213 Å². The standard InChI is InChI=1S/C25H28BrN3O3S2/c26-23-11-12-24(33-23)34(31,32)28-22(17-19-7-3-1-4-8-19)25(30)27-21-13-15-29(16-14-21)18-20-9-5-2-6-10-20/h1-12,21-22,28H,13-18H2,(H,27,30). The van der Waals surface area contributed by atoms with Crippen molar-refractivity contribution >= 4 is 43.2 Å². The Hall–Kier alpha value is -2.04. The smallest absolute Gasteiger partial charge is 0.250 e. The number of nitrogens with one attached hydrogen (secondary N) is 2. The number of amides is 1. The van der Waals surface area contributed by atoms with Crippen LogP contribution in [0.15, 0.2) is 80.8 Å². The van der Waals surface area contributed by atoms with Crippen molar-refractivity contribution in [2.75, 3.05) is 13.1 Å². The summed E-state index contributed by atoms with van der Waals surface area (Å²) in [5, 5.41) is 3.10. The maximum absolute atomic E-state index is 13.2. The Kier molecular flexibility index (Phi) is 8.55. The van der Waals surface area contributed by atoms with E-state index >= 15 is 0 Å². The molecule has 1 amide bonds. The van der Waals surface area contributed by atoms with Crippen molar-refractivity contribution in [3.05, 3.63) is 87.7 Å². The van der Waals surface area contributed by atoms with Gasteiger partial charge in [-0.05, 0) is 58.5 Å². The fourth-order valence-electron chi connectivity index (χ4n) is 4.10. The van der Waals surface area contributed by atoms with Crippen LogP contribution in [0.25, 0.3) is 0 Å². The van der Waals surface area contributed by atoms with Crippen molar-refractivity contribution in [2.24, 2.45) is 0 Å². The van der Waals surface area contributed by atoms with Crippen LogP contribution in [-0.4, -0.2) is 44.4 Å². The normalized spacial score (nSPS) is 16.3. The fraction of sp³-hybridized carbons (Fsp3) is 0.320. The molecular weight excluding hydrogens is 534 g/mol. The van der Waals surface area contributed by atoms with Crippen LogP contribution in [0.1, 0.15) is 24.0 Å². The number of thiophene rings is 1. The number of sulfonamides is 1. The molecule has 2 heterocycles. The summed E-state index contributed by atoms with van der Waals surface area (Å²) in [6, 6.07) is 22.2. The summed E-state index contributed by atoms with van der Waals surface area (Å²) in [6.45, 7) is 2.67. The van der Waals surface area contributed by atoms with E-state index in [1.807, 2.05) is 48.5 Å². The van der Waals surface area contributed by atoms with Gasteiger partial charge < -0.3 is 5.32 Å². The number of halogens is 1. The van der Waals surface area contributed by atoms with Crippen LogP contribution in [0.5, 0.6) is 0 Å². The zero-order chi connectivity index (χ0) is 24.0. The van der Waals surface area contributed by atoms with Crippen LogP contribution in [-0.2, 0) is 27.8 Å². The zero-order valence-corrected chi connectivity index (χ0v) is 21.9. The summed E-state index contributed by atoms with van der Waals surface area (Å²) in [6.07, 6.45) is 1.95. The number of rotatable bonds is 9. The van der Waals surface area contributed by atoms with Gasteiger partial charge in [0.25, 0.3) is 10.0 Å². The maximum Gasteiger partial charge on any atom is 0.250 e. The number of hydrogen-bond donors (Lipinski definition) is 2. The third-order valence-electron chi connectivity index (χ3n) is 5.89. The predicted octanol–water partition coefficient (Wildman–Crippen LogP) is 4.18. The van der Waals surface area contributed by atoms with Gasteiger partial charge in [0.05, 0.1) is 3.79 Å². The summed E-state index contributed by atoms with van der Waals surface area (Å²) in [5.74, 6) is -0.287. The second-order valence-electron chi connectivity index (χ2n) is 8.47. The quantitative estimate of drug-likeness (QED) is 0.410. The number of carbonyl (C=O) groups is 1. The topological polar surface area (TPSA) is 78.5 Å². The van der Waals surface area contributed by atoms with Gasteiger partial charge in [-0.1, -0.05) is 60.7 Å². The zero-order valence-electron chi connectivity index (χ0n) is 18.7. The van der Waals surface area contributed by atoms with Gasteiger partial charge in [-0.3, -0.25) is 9.69 Å². The highest BCUT2D eigenvalue weighted by molar-refractivity contribution is 9.11. The molecular formula is C25H28BrN3O3S2. The first-order valence-electron chi connectivity index (χ1n) is 11.3. The van der Waals surface area contributed by atoms with Crippen LogP contribution in [0.2, 0.25) is 0 Å². The second kappa shape index (κ2) is 11.6. The summed E-state index contributed by atoms with van der Waals surface area (Å²) in [4.78, 5) is 15.6. The molecule has 180 valence electrons. The number of likely N-dealkylation sites (tertiary alicyclic amines) is 1. The third kappa shape index (κ3) is 6.99. The van der Waals surface area contributed by atoms with Gasteiger partial charge in [-0.25, -0.2) is 8.42 Å². The predicted molar refractivity (Wildman–Crippen MR) is 139 cm³/mol. The van der Waals surface area contributed by atoms with Gasteiger partial charge >= 0.3 is 0 Å². The van der Waals surface area contributed by atoms with Crippen LogP contribution in [0.3, 0.4) is 0 Å². The highest BCUT2D eigenvalue weighted by Crippen LogP contribution is 2.26. The lowest BCUT2D eigenvalue weighted by Crippen LogP contribution is -2.52. The van der Waals surface area contributed by atoms with Crippen LogP contribution in [0, 0.1) is 0 Å². The third-order valence-corrected chi connectivity index (χ3v) is 9.48. The molecule has 4 rings (SSSR count). The molecule has 6 nitrogen and oxygen atoms in total. The van der Waals surface area contributed by atoms with Crippen molar-refractivity contribution in [2.45, 2.75) is 42.1 Å². The van der Waals surface area contributed by atoms with Crippen LogP contribution < -0.4 is 10.0 Å². The fourth-order valence-corrected chi connectivity index (χ4v) is 7.33. The van der Waals surface area contributed by atoms with E-state index in [2.05, 4.69) is 43.0 Å². The van der Waals surface area contributed by atoms with E-state index in [9.17, 15) is 13.2 Å². The van der Waals surface area contributed by atoms with Crippen LogP contribution >= 0.6 is 27.3 Å². The van der Waals surface area contributed by atoms with Crippen molar-refractivity contribution in [1.29, 1.82) is 0 Å². The summed E-state index contributed by atoms with van der Waals surface area (Å²) >= 11 is 4.43. The van der Waals surface area contributed by atoms with Crippen molar-refractivity contribution < 1.29 is 13.2 Å². The van der Waals surface area contributed by atoms with Gasteiger partial charge in [0.15, 0.2) is 0 Å². The molecule has 1 aromatic heterocycles. The first-order chi connectivity index (χ1) is 16.4. The summed E-state index contributed by atoms with van der Waals surface area (Å²) in [5.41, 5.74) is 2.18. The summed E-state index contributed by atoms with van der Waals surface area (Å²) in [7, 11) is -3.82. The van der Waals surface area contributed by atoms with Gasteiger partial charge in [0.2, 0.25) is 5.91 Å². The molecule has 1 atom stereocenters. The molecule has 2 aromatic carbocycles. The Balaban J connectivity index is 1.39. The number of carbonyl (C=O) groups excluding carboxylic acids is 1. The maximum atomic E-state index is 13.2. The van der Waals surface area contributed by atoms with Crippen molar-refractivity contribution in [3.63, 3.8) is 0 Å². The van der Waals surface area contributed by atoms with Crippen molar-refractivity contribution in [3.8, 4) is 0 Å². The minimum absolute atomic E-state index is 0.0261. The monoisotopic (exact) mass is 561 g/mol. The van der Waals surface area contributed by atoms with Crippen LogP contribution in [0.4, 0.5) is 0 Å². The van der Waals surface area contributed by atoms with E-state index in [0.29, 0.717) is 0 Å². The lowest BCUT2D eigenvalue weighted by atomic mass is 10.0. The van der Waals surface area contributed by atoms with E-state index in [1.165, 1.54) is 11.6 Å². The number of piperidine rings is 1. The van der Waals surface area contributed by atoms with Crippen molar-refractivity contribution in [1.82, 2.24) is 14.9 Å². The molecule has 1 aliphatic heterocycles. The molecule has 2 N–H and O–H groups in total. The number of hydrogen-bond acceptors (Lipinski definition) is 5. The molecule has 0 saturated carbocycles. The van der Waals surface area contributed by atoms with E-state index < -0.39 is 16.1 Å². The molecule has 0 spiro atoms. The second-order valence-corrected chi connectivity index (χ2v) is 12.9. The molecule has 1 saturated heterocycles. The van der Waals surface area contributed by atoms with E-state index in [-0.39, 0.29) is 22.6 Å². The van der Waals surface area contributed by atoms with E-state index in [1.54, 1.807) is 6.07 Å². The summed E-state index contributed by atoms with van der Waals surface area (Å²) < 4.78 is 29.4. The minimum atomic E-state index is -3.82. The lowest BCUT2D eigenvalue weighted by molar-refractivity contribution is -0.123. The Morgan fingerprint density at radius 3 is 2.18 bits per heavy atom. The average molecular weight is 563 g/mol. The molecule has 1 unspecified atom stereocenters.